The standard InChI is InChI=1S/C18H28OSi/c1-15(19)13-17(2,3)18(11-12-18)14-20(4,5)16-9-7-6-8-10-16/h6-10H,11-14H2,1-5H3. The van der Waals surface area contributed by atoms with Gasteiger partial charge in [0.05, 0.1) is 8.07 Å². The second kappa shape index (κ2) is 5.14. The van der Waals surface area contributed by atoms with Crippen LogP contribution in [-0.4, -0.2) is 13.9 Å². The first-order valence-corrected chi connectivity index (χ1v) is 10.9. The lowest BCUT2D eigenvalue weighted by molar-refractivity contribution is -0.119. The minimum absolute atomic E-state index is 0.151. The van der Waals surface area contributed by atoms with Gasteiger partial charge in [-0.3, -0.25) is 0 Å². The first-order valence-electron chi connectivity index (χ1n) is 7.74. The molecular weight excluding hydrogens is 260 g/mol. The maximum absolute atomic E-state index is 11.6. The van der Waals surface area contributed by atoms with E-state index in [1.165, 1.54) is 18.9 Å². The van der Waals surface area contributed by atoms with E-state index in [0.717, 1.165) is 6.42 Å². The molecular formula is C18H28OSi. The highest BCUT2D eigenvalue weighted by Crippen LogP contribution is 2.64. The van der Waals surface area contributed by atoms with Crippen molar-refractivity contribution in [2.75, 3.05) is 0 Å². The topological polar surface area (TPSA) is 17.1 Å². The van der Waals surface area contributed by atoms with Crippen LogP contribution in [0.2, 0.25) is 19.1 Å². The summed E-state index contributed by atoms with van der Waals surface area (Å²) in [5, 5.41) is 1.55. The van der Waals surface area contributed by atoms with E-state index in [0.29, 0.717) is 11.2 Å². The fraction of sp³-hybridized carbons (Fsp3) is 0.611. The Hall–Kier alpha value is -0.893. The second-order valence-corrected chi connectivity index (χ2v) is 12.7. The van der Waals surface area contributed by atoms with Crippen LogP contribution in [0, 0.1) is 10.8 Å². The molecule has 1 aromatic rings. The maximum Gasteiger partial charge on any atom is 0.130 e. The molecule has 0 aromatic heterocycles. The van der Waals surface area contributed by atoms with Crippen LogP contribution in [-0.2, 0) is 4.79 Å². The number of ketones is 1. The van der Waals surface area contributed by atoms with Crippen molar-refractivity contribution < 1.29 is 4.79 Å². The molecule has 1 aliphatic rings. The minimum atomic E-state index is -1.42. The van der Waals surface area contributed by atoms with E-state index < -0.39 is 8.07 Å². The first kappa shape index (κ1) is 15.5. The molecule has 0 radical (unpaired) electrons. The fourth-order valence-corrected chi connectivity index (χ4v) is 7.71. The molecule has 0 saturated heterocycles. The molecule has 1 saturated carbocycles. The molecule has 1 aromatic carbocycles. The van der Waals surface area contributed by atoms with Crippen LogP contribution >= 0.6 is 0 Å². The third-order valence-corrected chi connectivity index (χ3v) is 8.77. The highest BCUT2D eigenvalue weighted by molar-refractivity contribution is 6.89. The zero-order valence-corrected chi connectivity index (χ0v) is 14.6. The summed E-state index contributed by atoms with van der Waals surface area (Å²) in [5.74, 6) is 0.334. The van der Waals surface area contributed by atoms with E-state index in [9.17, 15) is 4.79 Å². The molecule has 0 heterocycles. The molecule has 0 amide bonds. The Balaban J connectivity index is 2.18. The molecule has 1 aliphatic carbocycles. The zero-order valence-electron chi connectivity index (χ0n) is 13.6. The average Bonchev–Trinajstić information content (AvgIpc) is 3.09. The van der Waals surface area contributed by atoms with Crippen molar-refractivity contribution in [1.29, 1.82) is 0 Å². The van der Waals surface area contributed by atoms with E-state index in [4.69, 9.17) is 0 Å². The van der Waals surface area contributed by atoms with Crippen LogP contribution in [0.4, 0.5) is 0 Å². The monoisotopic (exact) mass is 288 g/mol. The van der Waals surface area contributed by atoms with Gasteiger partial charge in [0.15, 0.2) is 0 Å². The van der Waals surface area contributed by atoms with Gasteiger partial charge in [-0.15, -0.1) is 0 Å². The molecule has 20 heavy (non-hydrogen) atoms. The minimum Gasteiger partial charge on any atom is -0.300 e. The smallest absolute Gasteiger partial charge is 0.130 e. The Kier molecular flexibility index (Phi) is 3.98. The van der Waals surface area contributed by atoms with Gasteiger partial charge in [-0.05, 0) is 36.6 Å². The Bertz CT molecular complexity index is 483. The van der Waals surface area contributed by atoms with Crippen LogP contribution < -0.4 is 5.19 Å². The first-order chi connectivity index (χ1) is 9.19. The van der Waals surface area contributed by atoms with Gasteiger partial charge in [-0.2, -0.15) is 0 Å². The summed E-state index contributed by atoms with van der Waals surface area (Å²) in [4.78, 5) is 11.6. The summed E-state index contributed by atoms with van der Waals surface area (Å²) < 4.78 is 0. The predicted molar refractivity (Wildman–Crippen MR) is 89.1 cm³/mol. The molecule has 0 unspecified atom stereocenters. The van der Waals surface area contributed by atoms with Crippen LogP contribution in [0.1, 0.15) is 40.0 Å². The van der Waals surface area contributed by atoms with Crippen molar-refractivity contribution in [2.24, 2.45) is 10.8 Å². The van der Waals surface area contributed by atoms with Gasteiger partial charge in [-0.1, -0.05) is 62.5 Å². The molecule has 0 spiro atoms. The number of hydrogen-bond donors (Lipinski definition) is 0. The van der Waals surface area contributed by atoms with Crippen molar-refractivity contribution in [1.82, 2.24) is 0 Å². The van der Waals surface area contributed by atoms with Crippen LogP contribution in [0.15, 0.2) is 30.3 Å². The van der Waals surface area contributed by atoms with Crippen LogP contribution in [0.5, 0.6) is 0 Å². The van der Waals surface area contributed by atoms with Gasteiger partial charge < -0.3 is 4.79 Å². The number of benzene rings is 1. The lowest BCUT2D eigenvalue weighted by Gasteiger charge is -2.39. The van der Waals surface area contributed by atoms with Crippen molar-refractivity contribution in [3.63, 3.8) is 0 Å². The van der Waals surface area contributed by atoms with Crippen molar-refractivity contribution in [3.05, 3.63) is 30.3 Å². The largest absolute Gasteiger partial charge is 0.300 e. The molecule has 1 fully saturated rings. The molecule has 1 nitrogen and oxygen atoms in total. The highest BCUT2D eigenvalue weighted by atomic mass is 28.3. The number of carbonyl (C=O) groups excluding carboxylic acids is 1. The van der Waals surface area contributed by atoms with Crippen molar-refractivity contribution in [2.45, 2.75) is 59.2 Å². The van der Waals surface area contributed by atoms with E-state index in [-0.39, 0.29) is 5.41 Å². The maximum atomic E-state index is 11.6. The van der Waals surface area contributed by atoms with E-state index >= 15 is 0 Å². The SMILES string of the molecule is CC(=O)CC(C)(C)C1(C[Si](C)(C)c2ccccc2)CC1. The van der Waals surface area contributed by atoms with Gasteiger partial charge in [0, 0.05) is 6.42 Å². The lowest BCUT2D eigenvalue weighted by Crippen LogP contribution is -2.46. The molecule has 2 rings (SSSR count). The highest BCUT2D eigenvalue weighted by Gasteiger charge is 2.56. The molecule has 0 atom stereocenters. The molecule has 0 bridgehead atoms. The van der Waals surface area contributed by atoms with Crippen molar-refractivity contribution >= 4 is 19.0 Å². The van der Waals surface area contributed by atoms with Crippen LogP contribution in [0.25, 0.3) is 0 Å². The zero-order chi connectivity index (χ0) is 15.0. The summed E-state index contributed by atoms with van der Waals surface area (Å²) in [5.41, 5.74) is 0.558. The Morgan fingerprint density at radius 1 is 1.20 bits per heavy atom. The Morgan fingerprint density at radius 3 is 2.20 bits per heavy atom. The quantitative estimate of drug-likeness (QED) is 0.710. The number of hydrogen-bond acceptors (Lipinski definition) is 1. The lowest BCUT2D eigenvalue weighted by atomic mass is 9.73. The summed E-state index contributed by atoms with van der Waals surface area (Å²) in [6, 6.07) is 12.3. The molecule has 2 heteroatoms. The van der Waals surface area contributed by atoms with Gasteiger partial charge in [0.2, 0.25) is 0 Å². The van der Waals surface area contributed by atoms with Crippen LogP contribution in [0.3, 0.4) is 0 Å². The number of rotatable bonds is 6. The summed E-state index contributed by atoms with van der Waals surface area (Å²) in [7, 11) is -1.42. The normalized spacial score (nSPS) is 17.9. The summed E-state index contributed by atoms with van der Waals surface area (Å²) >= 11 is 0. The molecule has 0 N–H and O–H groups in total. The van der Waals surface area contributed by atoms with E-state index in [2.05, 4.69) is 57.3 Å². The van der Waals surface area contributed by atoms with Crippen molar-refractivity contribution in [3.8, 4) is 0 Å². The Morgan fingerprint density at radius 2 is 1.75 bits per heavy atom. The van der Waals surface area contributed by atoms with Gasteiger partial charge in [0.25, 0.3) is 0 Å². The molecule has 0 aliphatic heterocycles. The Labute approximate surface area is 124 Å². The molecule has 110 valence electrons. The van der Waals surface area contributed by atoms with Gasteiger partial charge >= 0.3 is 0 Å². The average molecular weight is 289 g/mol. The summed E-state index contributed by atoms with van der Waals surface area (Å²) in [6.45, 7) is 11.3. The second-order valence-electron chi connectivity index (χ2n) is 7.97. The van der Waals surface area contributed by atoms with E-state index in [1.807, 2.05) is 0 Å². The third kappa shape index (κ3) is 3.06. The number of carbonyl (C=O) groups is 1. The summed E-state index contributed by atoms with van der Waals surface area (Å²) in [6.07, 6.45) is 3.33. The van der Waals surface area contributed by atoms with Gasteiger partial charge in [0.1, 0.15) is 5.78 Å². The predicted octanol–water partition coefficient (Wildman–Crippen LogP) is 4.39. The third-order valence-electron chi connectivity index (χ3n) is 5.32. The number of Topliss-reactive ketones (excluding diaryl/α,β-unsaturated/α-hetero) is 1. The fourth-order valence-electron chi connectivity index (χ4n) is 3.89. The van der Waals surface area contributed by atoms with E-state index in [1.54, 1.807) is 12.1 Å². The van der Waals surface area contributed by atoms with Gasteiger partial charge in [-0.25, -0.2) is 0 Å².